The van der Waals surface area contributed by atoms with E-state index in [0.717, 1.165) is 11.6 Å². The zero-order valence-electron chi connectivity index (χ0n) is 11.4. The van der Waals surface area contributed by atoms with Crippen molar-refractivity contribution >= 4 is 17.7 Å². The highest BCUT2D eigenvalue weighted by molar-refractivity contribution is 7.99. The Hall–Kier alpha value is -1.82. The number of thioether (sulfide) groups is 1. The van der Waals surface area contributed by atoms with Gasteiger partial charge in [-0.2, -0.15) is 0 Å². The van der Waals surface area contributed by atoms with E-state index in [1.807, 2.05) is 30.9 Å². The minimum absolute atomic E-state index is 0.138. The van der Waals surface area contributed by atoms with E-state index in [1.165, 1.54) is 10.5 Å². The van der Waals surface area contributed by atoms with Crippen molar-refractivity contribution in [3.63, 3.8) is 0 Å². The lowest BCUT2D eigenvalue weighted by Crippen LogP contribution is -2.08. The fraction of sp³-hybridized carbons (Fsp3) is 0.357. The first-order chi connectivity index (χ1) is 9.70. The molecule has 5 nitrogen and oxygen atoms in total. The fourth-order valence-corrected chi connectivity index (χ4v) is 3.59. The van der Waals surface area contributed by atoms with Gasteiger partial charge in [0, 0.05) is 17.7 Å². The summed E-state index contributed by atoms with van der Waals surface area (Å²) in [4.78, 5) is 17.4. The van der Waals surface area contributed by atoms with Gasteiger partial charge in [-0.1, -0.05) is 18.2 Å². The number of aromatic nitrogens is 3. The van der Waals surface area contributed by atoms with Crippen LogP contribution < -0.4 is 0 Å². The molecule has 0 saturated heterocycles. The Morgan fingerprint density at radius 3 is 3.10 bits per heavy atom. The average molecular weight is 289 g/mol. The third kappa shape index (κ3) is 2.20. The van der Waals surface area contributed by atoms with Crippen LogP contribution in [0.2, 0.25) is 0 Å². The molecule has 1 aromatic carbocycles. The zero-order valence-corrected chi connectivity index (χ0v) is 12.2. The summed E-state index contributed by atoms with van der Waals surface area (Å²) in [5, 5.41) is 4.17. The molecule has 0 amide bonds. The summed E-state index contributed by atoms with van der Waals surface area (Å²) in [5.74, 6) is 1.59. The minimum atomic E-state index is -0.465. The first-order valence-electron chi connectivity index (χ1n) is 6.50. The van der Waals surface area contributed by atoms with Gasteiger partial charge in [-0.05, 0) is 18.6 Å². The molecule has 2 heterocycles. The van der Waals surface area contributed by atoms with Gasteiger partial charge in [0.05, 0.1) is 12.5 Å². The van der Waals surface area contributed by atoms with Crippen LogP contribution in [0.3, 0.4) is 0 Å². The van der Waals surface area contributed by atoms with E-state index in [2.05, 4.69) is 22.2 Å². The van der Waals surface area contributed by atoms with E-state index in [4.69, 9.17) is 4.74 Å². The molecule has 2 aromatic rings. The SMILES string of the molecule is CCOC(=O)c1nc(C2CSc3ccccc32)n(C)n1. The quantitative estimate of drug-likeness (QED) is 0.811. The Morgan fingerprint density at radius 1 is 1.50 bits per heavy atom. The summed E-state index contributed by atoms with van der Waals surface area (Å²) in [6.07, 6.45) is 0. The van der Waals surface area contributed by atoms with Crippen LogP contribution in [-0.2, 0) is 11.8 Å². The van der Waals surface area contributed by atoms with Crippen molar-refractivity contribution in [2.45, 2.75) is 17.7 Å². The largest absolute Gasteiger partial charge is 0.460 e. The number of esters is 1. The maximum absolute atomic E-state index is 11.7. The smallest absolute Gasteiger partial charge is 0.378 e. The van der Waals surface area contributed by atoms with E-state index in [0.29, 0.717) is 6.61 Å². The van der Waals surface area contributed by atoms with Crippen molar-refractivity contribution in [1.29, 1.82) is 0 Å². The molecule has 0 bridgehead atoms. The van der Waals surface area contributed by atoms with Crippen molar-refractivity contribution in [2.24, 2.45) is 7.05 Å². The summed E-state index contributed by atoms with van der Waals surface area (Å²) in [6, 6.07) is 8.29. The molecule has 0 fully saturated rings. The number of hydrogen-bond donors (Lipinski definition) is 0. The van der Waals surface area contributed by atoms with Gasteiger partial charge in [0.25, 0.3) is 5.82 Å². The van der Waals surface area contributed by atoms with Crippen LogP contribution in [0, 0.1) is 0 Å². The molecule has 0 radical (unpaired) electrons. The maximum atomic E-state index is 11.7. The topological polar surface area (TPSA) is 57.0 Å². The summed E-state index contributed by atoms with van der Waals surface area (Å²) in [7, 11) is 1.82. The normalized spacial score (nSPS) is 17.0. The summed E-state index contributed by atoms with van der Waals surface area (Å²) in [6.45, 7) is 2.10. The number of ether oxygens (including phenoxy) is 1. The molecule has 3 rings (SSSR count). The fourth-order valence-electron chi connectivity index (χ4n) is 2.36. The standard InChI is InChI=1S/C14H15N3O2S/c1-3-19-14(18)12-15-13(17(2)16-12)10-8-20-11-7-5-4-6-9(10)11/h4-7,10H,3,8H2,1-2H3. The van der Waals surface area contributed by atoms with Gasteiger partial charge in [0.2, 0.25) is 0 Å². The second-order valence-electron chi connectivity index (χ2n) is 4.54. The molecule has 20 heavy (non-hydrogen) atoms. The molecule has 6 heteroatoms. The molecule has 0 spiro atoms. The monoisotopic (exact) mass is 289 g/mol. The van der Waals surface area contributed by atoms with E-state index in [-0.39, 0.29) is 11.7 Å². The van der Waals surface area contributed by atoms with Crippen molar-refractivity contribution in [1.82, 2.24) is 14.8 Å². The van der Waals surface area contributed by atoms with E-state index in [9.17, 15) is 4.79 Å². The van der Waals surface area contributed by atoms with Gasteiger partial charge in [0.1, 0.15) is 5.82 Å². The van der Waals surface area contributed by atoms with Gasteiger partial charge in [-0.25, -0.2) is 9.78 Å². The Balaban J connectivity index is 1.94. The molecule has 0 saturated carbocycles. The highest BCUT2D eigenvalue weighted by atomic mass is 32.2. The van der Waals surface area contributed by atoms with Crippen molar-refractivity contribution < 1.29 is 9.53 Å². The third-order valence-corrected chi connectivity index (χ3v) is 4.45. The van der Waals surface area contributed by atoms with Crippen LogP contribution in [0.5, 0.6) is 0 Å². The molecule has 1 atom stereocenters. The second-order valence-corrected chi connectivity index (χ2v) is 5.60. The number of fused-ring (bicyclic) bond motifs is 1. The van der Waals surface area contributed by atoms with Gasteiger partial charge >= 0.3 is 5.97 Å². The predicted molar refractivity (Wildman–Crippen MR) is 76.0 cm³/mol. The van der Waals surface area contributed by atoms with E-state index in [1.54, 1.807) is 11.6 Å². The second kappa shape index (κ2) is 5.28. The molecule has 1 unspecified atom stereocenters. The molecular weight excluding hydrogens is 274 g/mol. The predicted octanol–water partition coefficient (Wildman–Crippen LogP) is 2.23. The average Bonchev–Trinajstić information content (AvgIpc) is 3.02. The van der Waals surface area contributed by atoms with Gasteiger partial charge in [-0.3, -0.25) is 4.68 Å². The molecule has 104 valence electrons. The summed E-state index contributed by atoms with van der Waals surface area (Å²) >= 11 is 1.81. The zero-order chi connectivity index (χ0) is 14.1. The number of hydrogen-bond acceptors (Lipinski definition) is 5. The van der Waals surface area contributed by atoms with Gasteiger partial charge in [-0.15, -0.1) is 16.9 Å². The number of benzene rings is 1. The first kappa shape index (κ1) is 13.2. The molecule has 1 aliphatic rings. The lowest BCUT2D eigenvalue weighted by molar-refractivity contribution is 0.0512. The van der Waals surface area contributed by atoms with Crippen LogP contribution in [0.4, 0.5) is 0 Å². The third-order valence-electron chi connectivity index (χ3n) is 3.27. The highest BCUT2D eigenvalue weighted by Crippen LogP contribution is 2.42. The maximum Gasteiger partial charge on any atom is 0.378 e. The molecular formula is C14H15N3O2S. The molecule has 1 aromatic heterocycles. The van der Waals surface area contributed by atoms with Crippen LogP contribution in [-0.4, -0.2) is 33.1 Å². The lowest BCUT2D eigenvalue weighted by atomic mass is 10.0. The minimum Gasteiger partial charge on any atom is -0.460 e. The van der Waals surface area contributed by atoms with E-state index < -0.39 is 5.97 Å². The first-order valence-corrected chi connectivity index (χ1v) is 7.49. The van der Waals surface area contributed by atoms with Crippen LogP contribution >= 0.6 is 11.8 Å². The highest BCUT2D eigenvalue weighted by Gasteiger charge is 2.29. The van der Waals surface area contributed by atoms with Crippen LogP contribution in [0.15, 0.2) is 29.2 Å². The Labute approximate surface area is 121 Å². The number of carbonyl (C=O) groups excluding carboxylic acids is 1. The van der Waals surface area contributed by atoms with Gasteiger partial charge < -0.3 is 4.74 Å². The van der Waals surface area contributed by atoms with E-state index >= 15 is 0 Å². The Morgan fingerprint density at radius 2 is 2.30 bits per heavy atom. The van der Waals surface area contributed by atoms with Gasteiger partial charge in [0.15, 0.2) is 0 Å². The van der Waals surface area contributed by atoms with Crippen molar-refractivity contribution in [2.75, 3.05) is 12.4 Å². The molecule has 0 aliphatic carbocycles. The summed E-state index contributed by atoms with van der Waals surface area (Å²) < 4.78 is 6.63. The number of carbonyl (C=O) groups is 1. The van der Waals surface area contributed by atoms with Crippen molar-refractivity contribution in [3.8, 4) is 0 Å². The molecule has 1 aliphatic heterocycles. The van der Waals surface area contributed by atoms with Crippen LogP contribution in [0.25, 0.3) is 0 Å². The van der Waals surface area contributed by atoms with Crippen LogP contribution in [0.1, 0.15) is 34.8 Å². The Bertz CT molecular complexity index is 654. The molecule has 0 N–H and O–H groups in total. The van der Waals surface area contributed by atoms with Crippen molar-refractivity contribution in [3.05, 3.63) is 41.5 Å². The number of nitrogens with zero attached hydrogens (tertiary/aromatic N) is 3. The number of aryl methyl sites for hydroxylation is 1. The Kier molecular flexibility index (Phi) is 3.48. The number of rotatable bonds is 3. The lowest BCUT2D eigenvalue weighted by Gasteiger charge is -2.08. The summed E-state index contributed by atoms with van der Waals surface area (Å²) in [5.41, 5.74) is 1.25.